The van der Waals surface area contributed by atoms with E-state index < -0.39 is 0 Å². The van der Waals surface area contributed by atoms with Crippen LogP contribution in [0.1, 0.15) is 57.7 Å². The second kappa shape index (κ2) is 9.18. The fraction of sp³-hybridized carbons (Fsp3) is 0.273. The average Bonchev–Trinajstić information content (AvgIpc) is 2.80. The maximum absolute atomic E-state index is 13.0. The van der Waals surface area contributed by atoms with E-state index in [1.807, 2.05) is 0 Å². The van der Waals surface area contributed by atoms with Gasteiger partial charge < -0.3 is 10.2 Å². The molecule has 0 spiro atoms. The van der Waals surface area contributed by atoms with Gasteiger partial charge in [0.15, 0.2) is 5.82 Å². The van der Waals surface area contributed by atoms with Crippen molar-refractivity contribution in [3.8, 4) is 0 Å². The van der Waals surface area contributed by atoms with Gasteiger partial charge in [-0.2, -0.15) is 0 Å². The zero-order valence-corrected chi connectivity index (χ0v) is 17.7. The molecule has 1 aromatic carbocycles. The van der Waals surface area contributed by atoms with Crippen molar-refractivity contribution in [1.29, 1.82) is 0 Å². The lowest BCUT2D eigenvalue weighted by atomic mass is 10.0. The number of likely N-dealkylation sites (tertiary alicyclic amines) is 1. The molecule has 9 heteroatoms. The number of rotatable bonds is 4. The van der Waals surface area contributed by atoms with Crippen LogP contribution in [0.25, 0.3) is 0 Å². The molecule has 31 heavy (non-hydrogen) atoms. The van der Waals surface area contributed by atoms with E-state index in [2.05, 4.69) is 25.3 Å². The van der Waals surface area contributed by atoms with E-state index in [-0.39, 0.29) is 17.9 Å². The Hall–Kier alpha value is -3.39. The number of aryl methyl sites for hydroxylation is 1. The van der Waals surface area contributed by atoms with Gasteiger partial charge in [0, 0.05) is 35.8 Å². The maximum Gasteiger partial charge on any atom is 0.274 e. The predicted octanol–water partition coefficient (Wildman–Crippen LogP) is 3.85. The molecule has 158 valence electrons. The van der Waals surface area contributed by atoms with Crippen molar-refractivity contribution < 1.29 is 9.59 Å². The summed E-state index contributed by atoms with van der Waals surface area (Å²) in [5, 5.41) is 3.41. The summed E-state index contributed by atoms with van der Waals surface area (Å²) in [6.07, 6.45) is 8.64. The van der Waals surface area contributed by atoms with Gasteiger partial charge in [0.25, 0.3) is 11.8 Å². The fourth-order valence-corrected chi connectivity index (χ4v) is 3.73. The number of halogens is 1. The highest BCUT2D eigenvalue weighted by molar-refractivity contribution is 6.30. The third kappa shape index (κ3) is 4.69. The van der Waals surface area contributed by atoms with Gasteiger partial charge in [-0.25, -0.2) is 15.0 Å². The van der Waals surface area contributed by atoms with Crippen molar-refractivity contribution in [2.45, 2.75) is 32.2 Å². The second-order valence-corrected chi connectivity index (χ2v) is 7.73. The fourth-order valence-electron chi connectivity index (χ4n) is 3.60. The highest BCUT2D eigenvalue weighted by Gasteiger charge is 2.31. The number of hydrogen-bond donors (Lipinski definition) is 1. The van der Waals surface area contributed by atoms with E-state index in [0.717, 1.165) is 19.3 Å². The molecule has 4 rings (SSSR count). The Labute approximate surface area is 184 Å². The van der Waals surface area contributed by atoms with E-state index in [4.69, 9.17) is 11.6 Å². The summed E-state index contributed by atoms with van der Waals surface area (Å²) in [6, 6.07) is 6.59. The van der Waals surface area contributed by atoms with Crippen molar-refractivity contribution >= 4 is 29.1 Å². The third-order valence-electron chi connectivity index (χ3n) is 5.19. The standard InChI is InChI=1S/C22H21ClN6O2/c1-14-17(21(30)28-16-7-5-15(23)6-8-16)12-26-20(27-14)19-4-2-3-11-29(19)22(31)18-13-24-9-10-25-18/h5-10,12-13,19H,2-4,11H2,1H3,(H,28,30)/t19-/m1/s1. The summed E-state index contributed by atoms with van der Waals surface area (Å²) in [6.45, 7) is 2.36. The molecule has 1 saturated heterocycles. The van der Waals surface area contributed by atoms with Crippen LogP contribution in [0.3, 0.4) is 0 Å². The molecule has 0 unspecified atom stereocenters. The quantitative estimate of drug-likeness (QED) is 0.666. The molecule has 1 fully saturated rings. The first-order valence-electron chi connectivity index (χ1n) is 10.0. The average molecular weight is 437 g/mol. The van der Waals surface area contributed by atoms with Crippen LogP contribution in [0.5, 0.6) is 0 Å². The second-order valence-electron chi connectivity index (χ2n) is 7.29. The molecule has 2 aromatic heterocycles. The summed E-state index contributed by atoms with van der Waals surface area (Å²) < 4.78 is 0. The normalized spacial score (nSPS) is 16.1. The van der Waals surface area contributed by atoms with Gasteiger partial charge in [0.1, 0.15) is 5.69 Å². The Balaban J connectivity index is 1.55. The number of benzene rings is 1. The lowest BCUT2D eigenvalue weighted by molar-refractivity contribution is 0.0592. The molecule has 0 saturated carbocycles. The van der Waals surface area contributed by atoms with E-state index >= 15 is 0 Å². The third-order valence-corrected chi connectivity index (χ3v) is 5.44. The smallest absolute Gasteiger partial charge is 0.274 e. The van der Waals surface area contributed by atoms with Crippen molar-refractivity contribution in [3.05, 3.63) is 76.9 Å². The number of aromatic nitrogens is 4. The van der Waals surface area contributed by atoms with Crippen LogP contribution in [0.4, 0.5) is 5.69 Å². The van der Waals surface area contributed by atoms with Crippen molar-refractivity contribution in [1.82, 2.24) is 24.8 Å². The van der Waals surface area contributed by atoms with Crippen molar-refractivity contribution in [2.75, 3.05) is 11.9 Å². The first-order chi connectivity index (χ1) is 15.0. The van der Waals surface area contributed by atoms with Crippen molar-refractivity contribution in [3.63, 3.8) is 0 Å². The first kappa shape index (κ1) is 20.9. The van der Waals surface area contributed by atoms with E-state index in [1.165, 1.54) is 24.8 Å². The molecule has 0 radical (unpaired) electrons. The molecule has 8 nitrogen and oxygen atoms in total. The molecule has 3 aromatic rings. The number of carbonyl (C=O) groups is 2. The van der Waals surface area contributed by atoms with Crippen molar-refractivity contribution in [2.24, 2.45) is 0 Å². The van der Waals surface area contributed by atoms with Crippen LogP contribution in [-0.4, -0.2) is 43.2 Å². The lowest BCUT2D eigenvalue weighted by Crippen LogP contribution is -2.39. The molecule has 1 aliphatic heterocycles. The minimum atomic E-state index is -0.303. The highest BCUT2D eigenvalue weighted by atomic mass is 35.5. The number of hydrogen-bond acceptors (Lipinski definition) is 6. The molecular formula is C22H21ClN6O2. The van der Waals surface area contributed by atoms with Crippen LogP contribution in [0, 0.1) is 6.92 Å². The zero-order chi connectivity index (χ0) is 21.8. The largest absolute Gasteiger partial charge is 0.327 e. The number of piperidine rings is 1. The predicted molar refractivity (Wildman–Crippen MR) is 116 cm³/mol. The summed E-state index contributed by atoms with van der Waals surface area (Å²) >= 11 is 5.89. The van der Waals surface area contributed by atoms with Gasteiger partial charge >= 0.3 is 0 Å². The van der Waals surface area contributed by atoms with E-state index in [1.54, 1.807) is 36.1 Å². The number of anilines is 1. The van der Waals surface area contributed by atoms with Crippen LogP contribution in [-0.2, 0) is 0 Å². The molecule has 1 N–H and O–H groups in total. The summed E-state index contributed by atoms with van der Waals surface area (Å²) in [5.41, 5.74) is 1.85. The Kier molecular flexibility index (Phi) is 6.18. The summed E-state index contributed by atoms with van der Waals surface area (Å²) in [5.74, 6) is 0.0311. The number of carbonyl (C=O) groups excluding carboxylic acids is 2. The van der Waals surface area contributed by atoms with Crippen LogP contribution in [0.15, 0.2) is 49.1 Å². The Morgan fingerprint density at radius 2 is 1.90 bits per heavy atom. The molecule has 2 amide bonds. The van der Waals surface area contributed by atoms with Crippen LogP contribution < -0.4 is 5.32 Å². The van der Waals surface area contributed by atoms with Gasteiger partial charge in [-0.1, -0.05) is 11.6 Å². The van der Waals surface area contributed by atoms with Gasteiger partial charge in [-0.05, 0) is 50.5 Å². The topological polar surface area (TPSA) is 101 Å². The summed E-state index contributed by atoms with van der Waals surface area (Å²) in [4.78, 5) is 44.5. The monoisotopic (exact) mass is 436 g/mol. The lowest BCUT2D eigenvalue weighted by Gasteiger charge is -2.34. The van der Waals surface area contributed by atoms with Gasteiger partial charge in [0.2, 0.25) is 0 Å². The first-order valence-corrected chi connectivity index (χ1v) is 10.4. The highest BCUT2D eigenvalue weighted by Crippen LogP contribution is 2.30. The SMILES string of the molecule is Cc1nc([C@H]2CCCCN2C(=O)c2cnccn2)ncc1C(=O)Nc1ccc(Cl)cc1. The molecule has 1 aliphatic rings. The number of nitrogens with one attached hydrogen (secondary N) is 1. The Morgan fingerprint density at radius 1 is 1.10 bits per heavy atom. The molecule has 0 bridgehead atoms. The van der Waals surface area contributed by atoms with Gasteiger partial charge in [-0.3, -0.25) is 14.6 Å². The van der Waals surface area contributed by atoms with E-state index in [0.29, 0.717) is 40.0 Å². The number of amides is 2. The van der Waals surface area contributed by atoms with Crippen LogP contribution in [0.2, 0.25) is 5.02 Å². The number of nitrogens with zero attached hydrogens (tertiary/aromatic N) is 5. The minimum Gasteiger partial charge on any atom is -0.327 e. The molecule has 1 atom stereocenters. The molecule has 3 heterocycles. The van der Waals surface area contributed by atoms with Gasteiger partial charge in [-0.15, -0.1) is 0 Å². The molecule has 0 aliphatic carbocycles. The van der Waals surface area contributed by atoms with Gasteiger partial charge in [0.05, 0.1) is 23.5 Å². The zero-order valence-electron chi connectivity index (χ0n) is 17.0. The minimum absolute atomic E-state index is 0.191. The van der Waals surface area contributed by atoms with E-state index in [9.17, 15) is 9.59 Å². The summed E-state index contributed by atoms with van der Waals surface area (Å²) in [7, 11) is 0. The Bertz CT molecular complexity index is 1090. The Morgan fingerprint density at radius 3 is 2.61 bits per heavy atom. The maximum atomic E-state index is 13.0. The van der Waals surface area contributed by atoms with Crippen LogP contribution >= 0.6 is 11.6 Å². The molecular weight excluding hydrogens is 416 g/mol.